The molecule has 2 heterocycles. The Bertz CT molecular complexity index is 981. The molecule has 0 saturated carbocycles. The van der Waals surface area contributed by atoms with Gasteiger partial charge in [0.05, 0.1) is 18.2 Å². The highest BCUT2D eigenvalue weighted by atomic mass is 19.4. The molecule has 0 aliphatic heterocycles. The zero-order chi connectivity index (χ0) is 18.9. The van der Waals surface area contributed by atoms with Gasteiger partial charge in [-0.25, -0.2) is 9.31 Å². The number of anilines is 1. The third-order valence-electron chi connectivity index (χ3n) is 3.46. The van der Waals surface area contributed by atoms with Crippen LogP contribution in [0.4, 0.5) is 19.1 Å². The van der Waals surface area contributed by atoms with E-state index in [1.807, 2.05) is 0 Å². The summed E-state index contributed by atoms with van der Waals surface area (Å²) in [7, 11) is 1.24. The Morgan fingerprint density at radius 2 is 1.81 bits per heavy atom. The van der Waals surface area contributed by atoms with E-state index in [1.54, 1.807) is 0 Å². The normalized spacial score (nSPS) is 11.4. The number of carbonyl (C=O) groups is 2. The number of amides is 1. The first-order valence-corrected chi connectivity index (χ1v) is 7.21. The minimum absolute atomic E-state index is 0.0205. The molecule has 1 N–H and O–H groups in total. The summed E-state index contributed by atoms with van der Waals surface area (Å²) in [5.41, 5.74) is -0.286. The van der Waals surface area contributed by atoms with Gasteiger partial charge in [-0.2, -0.15) is 18.2 Å². The highest BCUT2D eigenvalue weighted by Gasteiger charge is 2.30. The average molecular weight is 364 g/mol. The predicted molar refractivity (Wildman–Crippen MR) is 83.7 cm³/mol. The smallest absolute Gasteiger partial charge is 0.416 e. The zero-order valence-electron chi connectivity index (χ0n) is 13.2. The standard InChI is InChI=1S/C16H11F3N4O3/c1-26-14(25)10-6-7-23-12(8-10)20-15(22-23)21-13(24)9-2-4-11(5-3-9)16(17,18)19/h2-8H,1H3,(H,21,22,24). The van der Waals surface area contributed by atoms with Gasteiger partial charge in [0, 0.05) is 11.8 Å². The van der Waals surface area contributed by atoms with Crippen molar-refractivity contribution in [2.45, 2.75) is 6.18 Å². The Morgan fingerprint density at radius 3 is 2.42 bits per heavy atom. The number of halogens is 3. The minimum Gasteiger partial charge on any atom is -0.465 e. The summed E-state index contributed by atoms with van der Waals surface area (Å²) in [5, 5.41) is 6.39. The number of fused-ring (bicyclic) bond motifs is 1. The number of nitrogens with one attached hydrogen (secondary N) is 1. The monoisotopic (exact) mass is 364 g/mol. The molecule has 0 aliphatic carbocycles. The van der Waals surface area contributed by atoms with Crippen molar-refractivity contribution < 1.29 is 27.5 Å². The van der Waals surface area contributed by atoms with Crippen LogP contribution in [0.3, 0.4) is 0 Å². The molecule has 1 amide bonds. The maximum Gasteiger partial charge on any atom is 0.416 e. The lowest BCUT2D eigenvalue weighted by atomic mass is 10.1. The zero-order valence-corrected chi connectivity index (χ0v) is 13.2. The van der Waals surface area contributed by atoms with E-state index in [9.17, 15) is 22.8 Å². The quantitative estimate of drug-likeness (QED) is 0.723. The number of hydrogen-bond donors (Lipinski definition) is 1. The SMILES string of the molecule is COC(=O)c1ccn2nc(NC(=O)c3ccc(C(F)(F)F)cc3)nc2c1. The van der Waals surface area contributed by atoms with Crippen LogP contribution in [0.2, 0.25) is 0 Å². The average Bonchev–Trinajstić information content (AvgIpc) is 3.01. The van der Waals surface area contributed by atoms with Crippen molar-refractivity contribution >= 4 is 23.5 Å². The molecule has 3 rings (SSSR count). The molecule has 134 valence electrons. The Balaban J connectivity index is 1.79. The van der Waals surface area contributed by atoms with Crippen molar-refractivity contribution in [3.63, 3.8) is 0 Å². The van der Waals surface area contributed by atoms with Crippen LogP contribution in [0, 0.1) is 0 Å². The van der Waals surface area contributed by atoms with Gasteiger partial charge in [-0.05, 0) is 36.4 Å². The lowest BCUT2D eigenvalue weighted by molar-refractivity contribution is -0.137. The number of esters is 1. The number of hydrogen-bond acceptors (Lipinski definition) is 5. The molecular weight excluding hydrogens is 353 g/mol. The largest absolute Gasteiger partial charge is 0.465 e. The van der Waals surface area contributed by atoms with Crippen molar-refractivity contribution in [2.75, 3.05) is 12.4 Å². The first-order chi connectivity index (χ1) is 12.3. The van der Waals surface area contributed by atoms with Gasteiger partial charge in [0.25, 0.3) is 5.91 Å². The fraction of sp³-hybridized carbons (Fsp3) is 0.125. The highest BCUT2D eigenvalue weighted by molar-refractivity contribution is 6.03. The fourth-order valence-electron chi connectivity index (χ4n) is 2.16. The maximum absolute atomic E-state index is 12.5. The Morgan fingerprint density at radius 1 is 1.12 bits per heavy atom. The topological polar surface area (TPSA) is 85.6 Å². The van der Waals surface area contributed by atoms with E-state index in [1.165, 1.54) is 30.0 Å². The number of aromatic nitrogens is 3. The Labute approximate surface area is 144 Å². The number of benzene rings is 1. The molecule has 7 nitrogen and oxygen atoms in total. The van der Waals surface area contributed by atoms with Gasteiger partial charge in [-0.15, -0.1) is 5.10 Å². The van der Waals surface area contributed by atoms with E-state index in [4.69, 9.17) is 0 Å². The molecule has 0 spiro atoms. The Kier molecular flexibility index (Phi) is 4.33. The molecule has 0 fully saturated rings. The van der Waals surface area contributed by atoms with E-state index in [0.717, 1.165) is 24.3 Å². The van der Waals surface area contributed by atoms with E-state index in [2.05, 4.69) is 20.1 Å². The van der Waals surface area contributed by atoms with Gasteiger partial charge in [-0.3, -0.25) is 10.1 Å². The predicted octanol–water partition coefficient (Wildman–Crippen LogP) is 2.79. The number of pyridine rings is 1. The molecule has 0 bridgehead atoms. The first kappa shape index (κ1) is 17.4. The summed E-state index contributed by atoms with van der Waals surface area (Å²) >= 11 is 0. The number of methoxy groups -OCH3 is 1. The Hall–Kier alpha value is -3.43. The summed E-state index contributed by atoms with van der Waals surface area (Å²) in [6.45, 7) is 0. The molecule has 26 heavy (non-hydrogen) atoms. The third-order valence-corrected chi connectivity index (χ3v) is 3.46. The molecule has 0 aliphatic rings. The second-order valence-electron chi connectivity index (χ2n) is 5.17. The molecular formula is C16H11F3N4O3. The van der Waals surface area contributed by atoms with Crippen LogP contribution in [0.5, 0.6) is 0 Å². The van der Waals surface area contributed by atoms with Crippen molar-refractivity contribution in [1.82, 2.24) is 14.6 Å². The number of rotatable bonds is 3. The first-order valence-electron chi connectivity index (χ1n) is 7.21. The lowest BCUT2D eigenvalue weighted by Crippen LogP contribution is -2.14. The van der Waals surface area contributed by atoms with Crippen molar-refractivity contribution in [1.29, 1.82) is 0 Å². The summed E-state index contributed by atoms with van der Waals surface area (Å²) in [4.78, 5) is 27.7. The molecule has 0 atom stereocenters. The van der Waals surface area contributed by atoms with Gasteiger partial charge in [-0.1, -0.05) is 0 Å². The van der Waals surface area contributed by atoms with E-state index in [0.29, 0.717) is 0 Å². The molecule has 2 aromatic heterocycles. The van der Waals surface area contributed by atoms with Crippen molar-refractivity contribution in [3.8, 4) is 0 Å². The van der Waals surface area contributed by atoms with Crippen LogP contribution < -0.4 is 5.32 Å². The van der Waals surface area contributed by atoms with E-state index < -0.39 is 23.6 Å². The van der Waals surface area contributed by atoms with Crippen LogP contribution in [-0.2, 0) is 10.9 Å². The summed E-state index contributed by atoms with van der Waals surface area (Å²) < 4.78 is 43.6. The maximum atomic E-state index is 12.5. The summed E-state index contributed by atoms with van der Waals surface area (Å²) in [6, 6.07) is 6.64. The molecule has 3 aromatic rings. The fourth-order valence-corrected chi connectivity index (χ4v) is 2.16. The van der Waals surface area contributed by atoms with Crippen LogP contribution in [0.15, 0.2) is 42.6 Å². The van der Waals surface area contributed by atoms with Gasteiger partial charge < -0.3 is 4.74 Å². The van der Waals surface area contributed by atoms with Crippen LogP contribution in [0.25, 0.3) is 5.65 Å². The molecule has 0 saturated heterocycles. The van der Waals surface area contributed by atoms with E-state index in [-0.39, 0.29) is 22.7 Å². The van der Waals surface area contributed by atoms with E-state index >= 15 is 0 Å². The van der Waals surface area contributed by atoms with Crippen LogP contribution in [-0.4, -0.2) is 33.6 Å². The molecule has 0 unspecified atom stereocenters. The van der Waals surface area contributed by atoms with Crippen LogP contribution in [0.1, 0.15) is 26.3 Å². The van der Waals surface area contributed by atoms with Gasteiger partial charge in [0.15, 0.2) is 5.65 Å². The second-order valence-corrected chi connectivity index (χ2v) is 5.17. The molecule has 0 radical (unpaired) electrons. The van der Waals surface area contributed by atoms with Crippen molar-refractivity contribution in [3.05, 3.63) is 59.3 Å². The van der Waals surface area contributed by atoms with Gasteiger partial charge >= 0.3 is 12.1 Å². The number of alkyl halides is 3. The molecule has 1 aromatic carbocycles. The van der Waals surface area contributed by atoms with Gasteiger partial charge in [0.1, 0.15) is 0 Å². The third kappa shape index (κ3) is 3.48. The van der Waals surface area contributed by atoms with Gasteiger partial charge in [0.2, 0.25) is 5.95 Å². The minimum atomic E-state index is -4.48. The second kappa shape index (κ2) is 6.47. The van der Waals surface area contributed by atoms with Crippen LogP contribution >= 0.6 is 0 Å². The highest BCUT2D eigenvalue weighted by Crippen LogP contribution is 2.29. The molecule has 10 heteroatoms. The summed E-state index contributed by atoms with van der Waals surface area (Å²) in [5.74, 6) is -1.27. The lowest BCUT2D eigenvalue weighted by Gasteiger charge is -2.07. The number of nitrogens with zero attached hydrogens (tertiary/aromatic N) is 3. The number of ether oxygens (including phenoxy) is 1. The summed E-state index contributed by atoms with van der Waals surface area (Å²) in [6.07, 6.45) is -3.02. The number of carbonyl (C=O) groups excluding carboxylic acids is 2. The van der Waals surface area contributed by atoms with Crippen molar-refractivity contribution in [2.24, 2.45) is 0 Å².